The van der Waals surface area contributed by atoms with Gasteiger partial charge < -0.3 is 10.2 Å². The van der Waals surface area contributed by atoms with Crippen molar-refractivity contribution in [2.24, 2.45) is 0 Å². The quantitative estimate of drug-likeness (QED) is 0.575. The van der Waals surface area contributed by atoms with E-state index in [1.54, 1.807) is 0 Å². The van der Waals surface area contributed by atoms with Gasteiger partial charge in [0, 0.05) is 12.6 Å². The van der Waals surface area contributed by atoms with Crippen LogP contribution in [0.15, 0.2) is 0 Å². The summed E-state index contributed by atoms with van der Waals surface area (Å²) in [6, 6.07) is 0.663. The molecule has 0 aromatic rings. The van der Waals surface area contributed by atoms with Crippen molar-refractivity contribution in [3.8, 4) is 0 Å². The maximum atomic E-state index is 3.52. The number of rotatable bonds is 9. The highest BCUT2D eigenvalue weighted by Gasteiger charge is 2.06. The first-order valence-electron chi connectivity index (χ1n) is 6.13. The number of unbranched alkanes of at least 4 members (excludes halogenated alkanes) is 2. The second-order valence-electron chi connectivity index (χ2n) is 4.24. The second kappa shape index (κ2) is 9.47. The number of hydrogen-bond donors (Lipinski definition) is 1. The molecule has 0 radical (unpaired) electrons. The average molecular weight is 200 g/mol. The molecule has 0 aromatic carbocycles. The van der Waals surface area contributed by atoms with Crippen LogP contribution in [0.3, 0.4) is 0 Å². The predicted octanol–water partition coefficient (Wildman–Crippen LogP) is 2.50. The van der Waals surface area contributed by atoms with Gasteiger partial charge in [0.1, 0.15) is 0 Å². The van der Waals surface area contributed by atoms with E-state index in [4.69, 9.17) is 0 Å². The summed E-state index contributed by atoms with van der Waals surface area (Å²) in [5, 5.41) is 3.52. The van der Waals surface area contributed by atoms with Gasteiger partial charge in [0.15, 0.2) is 0 Å². The SMILES string of the molecule is CCCCCNCC(C)N(C)CCC. The molecule has 1 atom stereocenters. The van der Waals surface area contributed by atoms with Crippen molar-refractivity contribution in [2.75, 3.05) is 26.7 Å². The molecule has 0 aromatic heterocycles. The molecule has 0 aliphatic heterocycles. The van der Waals surface area contributed by atoms with E-state index in [0.717, 1.165) is 6.54 Å². The van der Waals surface area contributed by atoms with Gasteiger partial charge in [-0.15, -0.1) is 0 Å². The highest BCUT2D eigenvalue weighted by molar-refractivity contribution is 4.65. The minimum absolute atomic E-state index is 0.663. The zero-order valence-corrected chi connectivity index (χ0v) is 10.5. The van der Waals surface area contributed by atoms with E-state index >= 15 is 0 Å². The second-order valence-corrected chi connectivity index (χ2v) is 4.24. The number of likely N-dealkylation sites (N-methyl/N-ethyl adjacent to an activating group) is 1. The predicted molar refractivity (Wildman–Crippen MR) is 64.8 cm³/mol. The summed E-state index contributed by atoms with van der Waals surface area (Å²) < 4.78 is 0. The fourth-order valence-corrected chi connectivity index (χ4v) is 1.54. The molecular formula is C12H28N2. The molecule has 0 amide bonds. The van der Waals surface area contributed by atoms with Gasteiger partial charge >= 0.3 is 0 Å². The Morgan fingerprint density at radius 1 is 1.14 bits per heavy atom. The molecule has 86 valence electrons. The molecule has 0 bridgehead atoms. The normalized spacial score (nSPS) is 13.5. The summed E-state index contributed by atoms with van der Waals surface area (Å²) in [6.07, 6.45) is 5.23. The van der Waals surface area contributed by atoms with Gasteiger partial charge in [0.05, 0.1) is 0 Å². The van der Waals surface area contributed by atoms with Crippen LogP contribution in [-0.4, -0.2) is 37.6 Å². The van der Waals surface area contributed by atoms with Crippen molar-refractivity contribution in [2.45, 2.75) is 52.5 Å². The first-order chi connectivity index (χ1) is 6.72. The monoisotopic (exact) mass is 200 g/mol. The molecular weight excluding hydrogens is 172 g/mol. The first-order valence-corrected chi connectivity index (χ1v) is 6.13. The average Bonchev–Trinajstić information content (AvgIpc) is 2.17. The van der Waals surface area contributed by atoms with Crippen LogP contribution < -0.4 is 5.32 Å². The molecule has 2 nitrogen and oxygen atoms in total. The van der Waals surface area contributed by atoms with Crippen LogP contribution in [0.4, 0.5) is 0 Å². The summed E-state index contributed by atoms with van der Waals surface area (Å²) in [6.45, 7) is 10.3. The molecule has 0 aliphatic rings. The zero-order valence-electron chi connectivity index (χ0n) is 10.5. The van der Waals surface area contributed by atoms with E-state index in [0.29, 0.717) is 6.04 Å². The van der Waals surface area contributed by atoms with Crippen molar-refractivity contribution in [3.63, 3.8) is 0 Å². The van der Waals surface area contributed by atoms with Gasteiger partial charge in [-0.2, -0.15) is 0 Å². The minimum atomic E-state index is 0.663. The van der Waals surface area contributed by atoms with E-state index < -0.39 is 0 Å². The molecule has 1 unspecified atom stereocenters. The summed E-state index contributed by atoms with van der Waals surface area (Å²) in [5.41, 5.74) is 0. The lowest BCUT2D eigenvalue weighted by molar-refractivity contribution is 0.251. The third-order valence-corrected chi connectivity index (χ3v) is 2.73. The fourth-order valence-electron chi connectivity index (χ4n) is 1.54. The largest absolute Gasteiger partial charge is 0.315 e. The third-order valence-electron chi connectivity index (χ3n) is 2.73. The van der Waals surface area contributed by atoms with Crippen LogP contribution in [0.5, 0.6) is 0 Å². The molecule has 0 saturated carbocycles. The van der Waals surface area contributed by atoms with Gasteiger partial charge in [-0.1, -0.05) is 26.7 Å². The maximum absolute atomic E-state index is 3.52. The molecule has 0 aliphatic carbocycles. The summed E-state index contributed by atoms with van der Waals surface area (Å²) >= 11 is 0. The third kappa shape index (κ3) is 7.34. The Kier molecular flexibility index (Phi) is 9.42. The summed E-state index contributed by atoms with van der Waals surface area (Å²) in [7, 11) is 2.21. The molecule has 0 rings (SSSR count). The Morgan fingerprint density at radius 3 is 2.43 bits per heavy atom. The Morgan fingerprint density at radius 2 is 1.86 bits per heavy atom. The molecule has 0 spiro atoms. The molecule has 2 heteroatoms. The lowest BCUT2D eigenvalue weighted by Gasteiger charge is -2.24. The molecule has 14 heavy (non-hydrogen) atoms. The Hall–Kier alpha value is -0.0800. The Bertz CT molecular complexity index is 115. The summed E-state index contributed by atoms with van der Waals surface area (Å²) in [4.78, 5) is 2.42. The van der Waals surface area contributed by atoms with E-state index in [1.165, 1.54) is 38.8 Å². The molecule has 0 fully saturated rings. The van der Waals surface area contributed by atoms with Crippen molar-refractivity contribution < 1.29 is 0 Å². The van der Waals surface area contributed by atoms with Crippen LogP contribution in [0, 0.1) is 0 Å². The number of nitrogens with one attached hydrogen (secondary N) is 1. The minimum Gasteiger partial charge on any atom is -0.315 e. The lowest BCUT2D eigenvalue weighted by atomic mass is 10.2. The summed E-state index contributed by atoms with van der Waals surface area (Å²) in [5.74, 6) is 0. The van der Waals surface area contributed by atoms with Crippen molar-refractivity contribution >= 4 is 0 Å². The smallest absolute Gasteiger partial charge is 0.0189 e. The van der Waals surface area contributed by atoms with Crippen molar-refractivity contribution in [3.05, 3.63) is 0 Å². The number of hydrogen-bond acceptors (Lipinski definition) is 2. The van der Waals surface area contributed by atoms with Crippen molar-refractivity contribution in [1.29, 1.82) is 0 Å². The number of nitrogens with zero attached hydrogens (tertiary/aromatic N) is 1. The topological polar surface area (TPSA) is 15.3 Å². The molecule has 0 heterocycles. The maximum Gasteiger partial charge on any atom is 0.0189 e. The van der Waals surface area contributed by atoms with E-state index in [-0.39, 0.29) is 0 Å². The first kappa shape index (κ1) is 13.9. The van der Waals surface area contributed by atoms with Gasteiger partial charge in [-0.3, -0.25) is 0 Å². The van der Waals surface area contributed by atoms with Crippen LogP contribution in [0.25, 0.3) is 0 Å². The molecule has 0 saturated heterocycles. The Balaban J connectivity index is 3.29. The van der Waals surface area contributed by atoms with Crippen LogP contribution in [-0.2, 0) is 0 Å². The fraction of sp³-hybridized carbons (Fsp3) is 1.00. The standard InChI is InChI=1S/C12H28N2/c1-5-7-8-9-13-11-12(3)14(4)10-6-2/h12-13H,5-11H2,1-4H3. The van der Waals surface area contributed by atoms with Crippen LogP contribution >= 0.6 is 0 Å². The molecule has 1 N–H and O–H groups in total. The zero-order chi connectivity index (χ0) is 10.8. The van der Waals surface area contributed by atoms with Gasteiger partial charge in [0.25, 0.3) is 0 Å². The lowest BCUT2D eigenvalue weighted by Crippen LogP contribution is -2.38. The van der Waals surface area contributed by atoms with Gasteiger partial charge in [-0.05, 0) is 39.9 Å². The van der Waals surface area contributed by atoms with Gasteiger partial charge in [0.2, 0.25) is 0 Å². The highest BCUT2D eigenvalue weighted by Crippen LogP contribution is 1.96. The highest BCUT2D eigenvalue weighted by atomic mass is 15.1. The van der Waals surface area contributed by atoms with E-state index in [2.05, 4.69) is 38.0 Å². The van der Waals surface area contributed by atoms with E-state index in [1.807, 2.05) is 0 Å². The Labute approximate surface area is 90.1 Å². The van der Waals surface area contributed by atoms with Crippen molar-refractivity contribution in [1.82, 2.24) is 10.2 Å². The van der Waals surface area contributed by atoms with Crippen LogP contribution in [0.1, 0.15) is 46.5 Å². The van der Waals surface area contributed by atoms with Gasteiger partial charge in [-0.25, -0.2) is 0 Å². The van der Waals surface area contributed by atoms with Crippen LogP contribution in [0.2, 0.25) is 0 Å². The van der Waals surface area contributed by atoms with E-state index in [9.17, 15) is 0 Å².